The number of aromatic nitrogens is 1. The quantitative estimate of drug-likeness (QED) is 0.523. The fourth-order valence-corrected chi connectivity index (χ4v) is 3.34. The lowest BCUT2D eigenvalue weighted by Crippen LogP contribution is -2.13. The van der Waals surface area contributed by atoms with Gasteiger partial charge >= 0.3 is 0 Å². The molecule has 0 unspecified atom stereocenters. The van der Waals surface area contributed by atoms with Gasteiger partial charge in [0.15, 0.2) is 0 Å². The van der Waals surface area contributed by atoms with Gasteiger partial charge in [-0.2, -0.15) is 0 Å². The number of nitrogens with zero attached hydrogens (tertiary/aromatic N) is 2. The monoisotopic (exact) mass is 371 g/mol. The second kappa shape index (κ2) is 7.19. The van der Waals surface area contributed by atoms with Gasteiger partial charge in [-0.05, 0) is 36.4 Å². The Hall–Kier alpha value is -3.46. The van der Waals surface area contributed by atoms with Crippen molar-refractivity contribution in [3.63, 3.8) is 0 Å². The van der Waals surface area contributed by atoms with E-state index in [0.717, 1.165) is 0 Å². The molecule has 8 nitrogen and oxygen atoms in total. The number of benzene rings is 2. The molecule has 0 atom stereocenters. The summed E-state index contributed by atoms with van der Waals surface area (Å²) in [6.07, 6.45) is 2.94. The number of non-ortho nitro benzene ring substituents is 1. The summed E-state index contributed by atoms with van der Waals surface area (Å²) in [4.78, 5) is 13.9. The van der Waals surface area contributed by atoms with E-state index in [1.165, 1.54) is 60.9 Å². The summed E-state index contributed by atoms with van der Waals surface area (Å²) < 4.78 is 33.4. The zero-order chi connectivity index (χ0) is 18.6. The number of anilines is 1. The second-order valence-corrected chi connectivity index (χ2v) is 6.79. The molecule has 0 bridgehead atoms. The van der Waals surface area contributed by atoms with E-state index in [2.05, 4.69) is 9.71 Å². The normalized spacial score (nSPS) is 10.9. The summed E-state index contributed by atoms with van der Waals surface area (Å²) in [6.45, 7) is 0. The zero-order valence-corrected chi connectivity index (χ0v) is 14.1. The number of nitrogens with one attached hydrogen (secondary N) is 1. The molecule has 26 heavy (non-hydrogen) atoms. The van der Waals surface area contributed by atoms with Gasteiger partial charge in [0.2, 0.25) is 0 Å². The minimum atomic E-state index is -3.90. The minimum Gasteiger partial charge on any atom is -0.456 e. The second-order valence-electron chi connectivity index (χ2n) is 5.14. The maximum absolute atomic E-state index is 12.7. The lowest BCUT2D eigenvalue weighted by Gasteiger charge is -2.13. The number of para-hydroxylation sites is 1. The third-order valence-electron chi connectivity index (χ3n) is 3.35. The summed E-state index contributed by atoms with van der Waals surface area (Å²) in [6, 6.07) is 14.5. The highest BCUT2D eigenvalue weighted by Crippen LogP contribution is 2.30. The number of nitro benzene ring substituents is 1. The number of hydrogen-bond acceptors (Lipinski definition) is 6. The van der Waals surface area contributed by atoms with Crippen LogP contribution in [0.3, 0.4) is 0 Å². The number of rotatable bonds is 6. The summed E-state index contributed by atoms with van der Waals surface area (Å²) in [7, 11) is -3.90. The Labute approximate surface area is 149 Å². The smallest absolute Gasteiger partial charge is 0.269 e. The first-order valence-corrected chi connectivity index (χ1v) is 8.88. The number of nitro groups is 1. The molecule has 0 fully saturated rings. The zero-order valence-electron chi connectivity index (χ0n) is 13.3. The van der Waals surface area contributed by atoms with E-state index >= 15 is 0 Å². The van der Waals surface area contributed by atoms with Crippen LogP contribution in [0.25, 0.3) is 0 Å². The SMILES string of the molecule is O=[N+]([O-])c1ccc(Oc2ccccc2S(=O)(=O)Nc2ccncc2)cc1. The maximum atomic E-state index is 12.7. The fraction of sp³-hybridized carbons (Fsp3) is 0. The average Bonchev–Trinajstić information content (AvgIpc) is 2.63. The van der Waals surface area contributed by atoms with E-state index < -0.39 is 14.9 Å². The third-order valence-corrected chi connectivity index (χ3v) is 4.77. The van der Waals surface area contributed by atoms with Crippen molar-refractivity contribution in [2.45, 2.75) is 4.90 Å². The molecule has 3 aromatic rings. The molecule has 9 heteroatoms. The molecule has 0 saturated carbocycles. The Kier molecular flexibility index (Phi) is 4.81. The molecule has 0 spiro atoms. The van der Waals surface area contributed by atoms with Gasteiger partial charge < -0.3 is 4.74 Å². The van der Waals surface area contributed by atoms with Gasteiger partial charge in [0.05, 0.1) is 10.6 Å². The Morgan fingerprint density at radius 2 is 1.62 bits per heavy atom. The summed E-state index contributed by atoms with van der Waals surface area (Å²) in [5.74, 6) is 0.380. The molecule has 0 aliphatic rings. The Morgan fingerprint density at radius 3 is 2.27 bits per heavy atom. The van der Waals surface area contributed by atoms with E-state index in [-0.39, 0.29) is 22.1 Å². The van der Waals surface area contributed by atoms with E-state index in [9.17, 15) is 18.5 Å². The molecule has 3 rings (SSSR count). The first-order chi connectivity index (χ1) is 12.5. The van der Waals surface area contributed by atoms with E-state index in [0.29, 0.717) is 5.69 Å². The molecule has 1 heterocycles. The number of sulfonamides is 1. The summed E-state index contributed by atoms with van der Waals surface area (Å²) >= 11 is 0. The standard InChI is InChI=1S/C17H13N3O5S/c21-20(22)14-5-7-15(8-6-14)25-16-3-1-2-4-17(16)26(23,24)19-13-9-11-18-12-10-13/h1-12H,(H,18,19). The molecule has 2 aromatic carbocycles. The molecule has 0 amide bonds. The largest absolute Gasteiger partial charge is 0.456 e. The van der Waals surface area contributed by atoms with Crippen molar-refractivity contribution in [3.8, 4) is 11.5 Å². The van der Waals surface area contributed by atoms with Crippen molar-refractivity contribution in [1.82, 2.24) is 4.98 Å². The topological polar surface area (TPSA) is 111 Å². The van der Waals surface area contributed by atoms with Crippen LogP contribution < -0.4 is 9.46 Å². The van der Waals surface area contributed by atoms with Crippen LogP contribution in [-0.2, 0) is 10.0 Å². The van der Waals surface area contributed by atoms with Crippen molar-refractivity contribution in [2.24, 2.45) is 0 Å². The van der Waals surface area contributed by atoms with Crippen LogP contribution in [0.4, 0.5) is 11.4 Å². The van der Waals surface area contributed by atoms with Crippen LogP contribution in [0, 0.1) is 10.1 Å². The summed E-state index contributed by atoms with van der Waals surface area (Å²) in [5.41, 5.74) is 0.280. The van der Waals surface area contributed by atoms with Crippen molar-refractivity contribution in [3.05, 3.63) is 83.2 Å². The van der Waals surface area contributed by atoms with Crippen molar-refractivity contribution in [1.29, 1.82) is 0 Å². The predicted octanol–water partition coefficient (Wildman–Crippen LogP) is 3.58. The van der Waals surface area contributed by atoms with Gasteiger partial charge in [0.1, 0.15) is 16.4 Å². The molecule has 132 valence electrons. The number of ether oxygens (including phenoxy) is 1. The van der Waals surface area contributed by atoms with Gasteiger partial charge in [-0.15, -0.1) is 0 Å². The number of hydrogen-bond donors (Lipinski definition) is 1. The Morgan fingerprint density at radius 1 is 0.962 bits per heavy atom. The predicted molar refractivity (Wildman–Crippen MR) is 94.7 cm³/mol. The Balaban J connectivity index is 1.89. The molecule has 0 saturated heterocycles. The minimum absolute atomic E-state index is 0.0600. The number of pyridine rings is 1. The highest BCUT2D eigenvalue weighted by Gasteiger charge is 2.20. The Bertz CT molecular complexity index is 1020. The van der Waals surface area contributed by atoms with Crippen molar-refractivity contribution in [2.75, 3.05) is 4.72 Å². The van der Waals surface area contributed by atoms with Crippen LogP contribution in [-0.4, -0.2) is 18.3 Å². The highest BCUT2D eigenvalue weighted by molar-refractivity contribution is 7.92. The van der Waals surface area contributed by atoms with Gasteiger partial charge in [0.25, 0.3) is 15.7 Å². The molecule has 0 aliphatic heterocycles. The molecule has 0 aliphatic carbocycles. The van der Waals surface area contributed by atoms with Gasteiger partial charge in [-0.25, -0.2) is 8.42 Å². The maximum Gasteiger partial charge on any atom is 0.269 e. The lowest BCUT2D eigenvalue weighted by atomic mass is 10.3. The highest BCUT2D eigenvalue weighted by atomic mass is 32.2. The first kappa shape index (κ1) is 17.4. The average molecular weight is 371 g/mol. The molecule has 0 radical (unpaired) electrons. The van der Waals surface area contributed by atoms with E-state index in [1.807, 2.05) is 0 Å². The molecule has 1 aromatic heterocycles. The third kappa shape index (κ3) is 3.95. The van der Waals surface area contributed by atoms with E-state index in [4.69, 9.17) is 4.74 Å². The van der Waals surface area contributed by atoms with Crippen molar-refractivity contribution >= 4 is 21.4 Å². The van der Waals surface area contributed by atoms with Crippen LogP contribution in [0.15, 0.2) is 78.0 Å². The molecular weight excluding hydrogens is 358 g/mol. The van der Waals surface area contributed by atoms with Gasteiger partial charge in [-0.3, -0.25) is 19.8 Å². The molecular formula is C17H13N3O5S. The van der Waals surface area contributed by atoms with Crippen LogP contribution >= 0.6 is 0 Å². The summed E-state index contributed by atoms with van der Waals surface area (Å²) in [5, 5.41) is 10.7. The molecule has 1 N–H and O–H groups in total. The van der Waals surface area contributed by atoms with Crippen LogP contribution in [0.2, 0.25) is 0 Å². The van der Waals surface area contributed by atoms with E-state index in [1.54, 1.807) is 12.1 Å². The van der Waals surface area contributed by atoms with Crippen LogP contribution in [0.5, 0.6) is 11.5 Å². The lowest BCUT2D eigenvalue weighted by molar-refractivity contribution is -0.384. The van der Waals surface area contributed by atoms with Gasteiger partial charge in [0, 0.05) is 24.5 Å². The van der Waals surface area contributed by atoms with Crippen LogP contribution in [0.1, 0.15) is 0 Å². The van der Waals surface area contributed by atoms with Crippen molar-refractivity contribution < 1.29 is 18.1 Å². The van der Waals surface area contributed by atoms with Gasteiger partial charge in [-0.1, -0.05) is 12.1 Å². The fourth-order valence-electron chi connectivity index (χ4n) is 2.15. The first-order valence-electron chi connectivity index (χ1n) is 7.40.